The Bertz CT molecular complexity index is 440. The molecule has 3 rings (SSSR count). The Morgan fingerprint density at radius 3 is 2.75 bits per heavy atom. The second kappa shape index (κ2) is 6.25. The second-order valence-electron chi connectivity index (χ2n) is 6.32. The molecule has 0 bridgehead atoms. The molecule has 2 N–H and O–H groups in total. The van der Waals surface area contributed by atoms with Crippen molar-refractivity contribution in [1.29, 1.82) is 0 Å². The van der Waals surface area contributed by atoms with E-state index >= 15 is 0 Å². The van der Waals surface area contributed by atoms with Crippen LogP contribution in [0.25, 0.3) is 0 Å². The fraction of sp³-hybridized carbons (Fsp3) is 0.647. The van der Waals surface area contributed by atoms with E-state index in [1.165, 1.54) is 24.0 Å². The Labute approximate surface area is 122 Å². The van der Waals surface area contributed by atoms with E-state index in [0.717, 1.165) is 32.4 Å². The van der Waals surface area contributed by atoms with Crippen molar-refractivity contribution in [3.05, 3.63) is 35.4 Å². The Hall–Kier alpha value is -0.900. The van der Waals surface area contributed by atoms with Gasteiger partial charge in [-0.25, -0.2) is 0 Å². The molecule has 0 spiro atoms. The summed E-state index contributed by atoms with van der Waals surface area (Å²) < 4.78 is 6.02. The Morgan fingerprint density at radius 1 is 1.20 bits per heavy atom. The van der Waals surface area contributed by atoms with Gasteiger partial charge in [0.25, 0.3) is 0 Å². The average molecular weight is 274 g/mol. The van der Waals surface area contributed by atoms with E-state index in [9.17, 15) is 0 Å². The van der Waals surface area contributed by atoms with Gasteiger partial charge in [0.15, 0.2) is 0 Å². The lowest BCUT2D eigenvalue weighted by Gasteiger charge is -2.36. The van der Waals surface area contributed by atoms with E-state index in [2.05, 4.69) is 36.2 Å². The van der Waals surface area contributed by atoms with Crippen molar-refractivity contribution in [2.75, 3.05) is 20.2 Å². The van der Waals surface area contributed by atoms with Gasteiger partial charge in [-0.15, -0.1) is 0 Å². The zero-order chi connectivity index (χ0) is 13.9. The largest absolute Gasteiger partial charge is 0.372 e. The van der Waals surface area contributed by atoms with Crippen LogP contribution in [-0.4, -0.2) is 37.2 Å². The van der Waals surface area contributed by atoms with Gasteiger partial charge in [0, 0.05) is 18.6 Å². The quantitative estimate of drug-likeness (QED) is 0.920. The molecule has 1 aromatic rings. The molecule has 0 radical (unpaired) electrons. The molecule has 1 atom stereocenters. The molecule has 2 aliphatic rings. The molecule has 1 saturated carbocycles. The first-order valence-electron chi connectivity index (χ1n) is 7.89. The topological polar surface area (TPSA) is 38.5 Å². The highest BCUT2D eigenvalue weighted by Gasteiger charge is 2.26. The summed E-state index contributed by atoms with van der Waals surface area (Å²) in [5.41, 5.74) is 8.85. The number of benzene rings is 1. The minimum atomic E-state index is 0.237. The predicted molar refractivity (Wildman–Crippen MR) is 81.7 cm³/mol. The molecule has 110 valence electrons. The molecule has 3 nitrogen and oxygen atoms in total. The summed E-state index contributed by atoms with van der Waals surface area (Å²) in [5.74, 6) is 0. The summed E-state index contributed by atoms with van der Waals surface area (Å²) in [7, 11) is 2.24. The van der Waals surface area contributed by atoms with Gasteiger partial charge in [-0.3, -0.25) is 0 Å². The smallest absolute Gasteiger partial charge is 0.0954 e. The highest BCUT2D eigenvalue weighted by molar-refractivity contribution is 5.31. The maximum Gasteiger partial charge on any atom is 0.0954 e. The van der Waals surface area contributed by atoms with Crippen molar-refractivity contribution in [3.63, 3.8) is 0 Å². The minimum Gasteiger partial charge on any atom is -0.372 e. The molecule has 3 heteroatoms. The van der Waals surface area contributed by atoms with E-state index in [4.69, 9.17) is 10.5 Å². The van der Waals surface area contributed by atoms with Gasteiger partial charge in [-0.05, 0) is 50.3 Å². The number of hydrogen-bond donors (Lipinski definition) is 1. The normalized spacial score (nSPS) is 30.2. The van der Waals surface area contributed by atoms with Crippen molar-refractivity contribution >= 4 is 0 Å². The van der Waals surface area contributed by atoms with Crippen LogP contribution in [0.3, 0.4) is 0 Å². The van der Waals surface area contributed by atoms with Crippen molar-refractivity contribution < 1.29 is 4.74 Å². The molecule has 1 aliphatic heterocycles. The number of rotatable bonds is 3. The van der Waals surface area contributed by atoms with Gasteiger partial charge in [0.05, 0.1) is 12.7 Å². The van der Waals surface area contributed by atoms with Crippen LogP contribution in [0.15, 0.2) is 24.3 Å². The fourth-order valence-corrected chi connectivity index (χ4v) is 3.58. The van der Waals surface area contributed by atoms with Gasteiger partial charge in [-0.2, -0.15) is 0 Å². The van der Waals surface area contributed by atoms with Crippen LogP contribution in [-0.2, 0) is 11.2 Å². The van der Waals surface area contributed by atoms with E-state index in [-0.39, 0.29) is 6.10 Å². The van der Waals surface area contributed by atoms with Crippen LogP contribution in [0.2, 0.25) is 0 Å². The number of ether oxygens (including phenoxy) is 1. The molecule has 0 saturated heterocycles. The summed E-state index contributed by atoms with van der Waals surface area (Å²) in [6.07, 6.45) is 6.07. The summed E-state index contributed by atoms with van der Waals surface area (Å²) in [4.78, 5) is 2.48. The molecule has 1 heterocycles. The van der Waals surface area contributed by atoms with Crippen molar-refractivity contribution in [1.82, 2.24) is 4.90 Å². The maximum absolute atomic E-state index is 6.02. The number of likely N-dealkylation sites (N-methyl/N-ethyl adjacent to an activating group) is 1. The van der Waals surface area contributed by atoms with Crippen LogP contribution in [0.1, 0.15) is 42.9 Å². The van der Waals surface area contributed by atoms with Gasteiger partial charge in [0.1, 0.15) is 0 Å². The number of hydrogen-bond acceptors (Lipinski definition) is 3. The summed E-state index contributed by atoms with van der Waals surface area (Å²) in [5, 5.41) is 0. The molecule has 1 aliphatic carbocycles. The van der Waals surface area contributed by atoms with E-state index in [1.807, 2.05) is 0 Å². The molecular formula is C17H26N2O. The van der Waals surface area contributed by atoms with Crippen molar-refractivity contribution in [2.24, 2.45) is 5.73 Å². The lowest BCUT2D eigenvalue weighted by Crippen LogP contribution is -2.41. The molecule has 1 aromatic carbocycles. The Kier molecular flexibility index (Phi) is 4.39. The van der Waals surface area contributed by atoms with Gasteiger partial charge in [-0.1, -0.05) is 24.3 Å². The zero-order valence-electron chi connectivity index (χ0n) is 12.4. The molecule has 20 heavy (non-hydrogen) atoms. The third kappa shape index (κ3) is 3.05. The van der Waals surface area contributed by atoms with Gasteiger partial charge in [0.2, 0.25) is 0 Å². The Balaban J connectivity index is 1.63. The third-order valence-electron chi connectivity index (χ3n) is 4.91. The predicted octanol–water partition coefficient (Wildman–Crippen LogP) is 2.50. The van der Waals surface area contributed by atoms with Crippen LogP contribution in [0.5, 0.6) is 0 Å². The SMILES string of the molecule is CN(CC1OCCc2ccccc21)C1CCC(N)CC1. The van der Waals surface area contributed by atoms with E-state index < -0.39 is 0 Å². The lowest BCUT2D eigenvalue weighted by atomic mass is 9.90. The standard InChI is InChI=1S/C17H26N2O/c1-19(15-8-6-14(18)7-9-15)12-17-16-5-3-2-4-13(16)10-11-20-17/h2-5,14-15,17H,6-12,18H2,1H3. The summed E-state index contributed by atoms with van der Waals surface area (Å²) in [6.45, 7) is 1.85. The lowest BCUT2D eigenvalue weighted by molar-refractivity contribution is 0.00864. The molecule has 1 unspecified atom stereocenters. The van der Waals surface area contributed by atoms with Crippen molar-refractivity contribution in [3.8, 4) is 0 Å². The van der Waals surface area contributed by atoms with Gasteiger partial charge >= 0.3 is 0 Å². The highest BCUT2D eigenvalue weighted by atomic mass is 16.5. The number of nitrogens with zero attached hydrogens (tertiary/aromatic N) is 1. The summed E-state index contributed by atoms with van der Waals surface area (Å²) >= 11 is 0. The molecule has 0 amide bonds. The monoisotopic (exact) mass is 274 g/mol. The minimum absolute atomic E-state index is 0.237. The number of nitrogens with two attached hydrogens (primary N) is 1. The zero-order valence-corrected chi connectivity index (χ0v) is 12.4. The van der Waals surface area contributed by atoms with Gasteiger partial charge < -0.3 is 15.4 Å². The third-order valence-corrected chi connectivity index (χ3v) is 4.91. The Morgan fingerprint density at radius 2 is 1.95 bits per heavy atom. The first-order valence-corrected chi connectivity index (χ1v) is 7.89. The first kappa shape index (κ1) is 14.1. The maximum atomic E-state index is 6.02. The molecule has 1 fully saturated rings. The van der Waals surface area contributed by atoms with Crippen LogP contribution < -0.4 is 5.73 Å². The fourth-order valence-electron chi connectivity index (χ4n) is 3.58. The van der Waals surface area contributed by atoms with Crippen molar-refractivity contribution in [2.45, 2.75) is 50.3 Å². The molecule has 0 aromatic heterocycles. The van der Waals surface area contributed by atoms with Crippen LogP contribution in [0, 0.1) is 0 Å². The van der Waals surface area contributed by atoms with Crippen LogP contribution >= 0.6 is 0 Å². The first-order chi connectivity index (χ1) is 9.74. The van der Waals surface area contributed by atoms with E-state index in [1.54, 1.807) is 0 Å². The van der Waals surface area contributed by atoms with Crippen LogP contribution in [0.4, 0.5) is 0 Å². The number of fused-ring (bicyclic) bond motifs is 1. The van der Waals surface area contributed by atoms with E-state index in [0.29, 0.717) is 12.1 Å². The second-order valence-corrected chi connectivity index (χ2v) is 6.32. The highest BCUT2D eigenvalue weighted by Crippen LogP contribution is 2.29. The summed E-state index contributed by atoms with van der Waals surface area (Å²) in [6, 6.07) is 9.82. The molecular weight excluding hydrogens is 248 g/mol. The average Bonchev–Trinajstić information content (AvgIpc) is 2.48.